The highest BCUT2D eigenvalue weighted by atomic mass is 35.5. The lowest BCUT2D eigenvalue weighted by molar-refractivity contribution is 0.0730. The first-order valence-electron chi connectivity index (χ1n) is 9.06. The molecular formula is C20H22ClNO4S. The van der Waals surface area contributed by atoms with Crippen LogP contribution in [0.25, 0.3) is 11.1 Å². The number of halogens is 1. The van der Waals surface area contributed by atoms with Crippen LogP contribution in [0.3, 0.4) is 0 Å². The zero-order valence-corrected chi connectivity index (χ0v) is 16.8. The van der Waals surface area contributed by atoms with E-state index in [9.17, 15) is 13.0 Å². The van der Waals surface area contributed by atoms with Gasteiger partial charge >= 0.3 is 0 Å². The summed E-state index contributed by atoms with van der Waals surface area (Å²) in [4.78, 5) is 2.26. The third-order valence-electron chi connectivity index (χ3n) is 5.54. The number of piperidine rings is 1. The molecule has 0 aliphatic carbocycles. The zero-order valence-electron chi connectivity index (χ0n) is 15.2. The maximum Gasteiger partial charge on any atom is 0.295 e. The Hall–Kier alpha value is -1.60. The molecule has 144 valence electrons. The van der Waals surface area contributed by atoms with E-state index >= 15 is 0 Å². The van der Waals surface area contributed by atoms with Gasteiger partial charge in [-0.2, -0.15) is 8.42 Å². The molecule has 2 aromatic rings. The Labute approximate surface area is 164 Å². The summed E-state index contributed by atoms with van der Waals surface area (Å²) in [5.41, 5.74) is 2.20. The average Bonchev–Trinajstić information content (AvgIpc) is 2.97. The van der Waals surface area contributed by atoms with Crippen LogP contribution >= 0.6 is 11.6 Å². The molecule has 5 nitrogen and oxygen atoms in total. The summed E-state index contributed by atoms with van der Waals surface area (Å²) in [6.45, 7) is 6.32. The van der Waals surface area contributed by atoms with Crippen molar-refractivity contribution < 1.29 is 17.7 Å². The Kier molecular flexibility index (Phi) is 4.71. The van der Waals surface area contributed by atoms with Gasteiger partial charge in [0.15, 0.2) is 0 Å². The van der Waals surface area contributed by atoms with Crippen LogP contribution in [0.2, 0.25) is 5.02 Å². The van der Waals surface area contributed by atoms with Crippen molar-refractivity contribution in [1.82, 2.24) is 4.90 Å². The SMILES string of the molecule is CC(C)N1CCC2c3ccc(-c4cc(Cl)ccc4S(=O)(=O)O)cc3OC2C1. The summed E-state index contributed by atoms with van der Waals surface area (Å²) in [6.07, 6.45) is 1.16. The molecule has 0 saturated carbocycles. The molecule has 7 heteroatoms. The van der Waals surface area contributed by atoms with Gasteiger partial charge in [-0.1, -0.05) is 23.7 Å². The molecule has 4 rings (SSSR count). The van der Waals surface area contributed by atoms with Crippen LogP contribution in [-0.2, 0) is 10.1 Å². The van der Waals surface area contributed by atoms with Crippen molar-refractivity contribution in [3.05, 3.63) is 47.0 Å². The first-order valence-corrected chi connectivity index (χ1v) is 10.9. The molecule has 27 heavy (non-hydrogen) atoms. The topological polar surface area (TPSA) is 66.8 Å². The van der Waals surface area contributed by atoms with E-state index in [1.165, 1.54) is 17.7 Å². The van der Waals surface area contributed by atoms with E-state index in [1.54, 1.807) is 6.07 Å². The molecule has 2 atom stereocenters. The normalized spacial score (nSPS) is 22.4. The van der Waals surface area contributed by atoms with E-state index in [0.717, 1.165) is 25.3 Å². The number of hydrogen-bond acceptors (Lipinski definition) is 4. The van der Waals surface area contributed by atoms with Crippen LogP contribution in [0.4, 0.5) is 0 Å². The van der Waals surface area contributed by atoms with Gasteiger partial charge in [0.25, 0.3) is 10.1 Å². The van der Waals surface area contributed by atoms with Gasteiger partial charge in [0.1, 0.15) is 16.7 Å². The molecule has 0 spiro atoms. The van der Waals surface area contributed by atoms with Gasteiger partial charge in [-0.05, 0) is 56.6 Å². The summed E-state index contributed by atoms with van der Waals surface area (Å²) in [5.74, 6) is 1.15. The van der Waals surface area contributed by atoms with Gasteiger partial charge in [-0.3, -0.25) is 9.45 Å². The molecule has 2 aliphatic rings. The van der Waals surface area contributed by atoms with E-state index in [2.05, 4.69) is 18.7 Å². The van der Waals surface area contributed by atoms with E-state index in [-0.39, 0.29) is 11.0 Å². The number of rotatable bonds is 3. The molecule has 1 fully saturated rings. The van der Waals surface area contributed by atoms with E-state index in [0.29, 0.717) is 28.1 Å². The molecule has 0 aromatic heterocycles. The Morgan fingerprint density at radius 2 is 2.00 bits per heavy atom. The van der Waals surface area contributed by atoms with Crippen molar-refractivity contribution in [2.75, 3.05) is 13.1 Å². The van der Waals surface area contributed by atoms with Gasteiger partial charge in [0.2, 0.25) is 0 Å². The van der Waals surface area contributed by atoms with E-state index in [1.807, 2.05) is 18.2 Å². The first-order chi connectivity index (χ1) is 12.7. The maximum absolute atomic E-state index is 11.8. The molecule has 1 N–H and O–H groups in total. The van der Waals surface area contributed by atoms with Crippen molar-refractivity contribution in [2.24, 2.45) is 0 Å². The van der Waals surface area contributed by atoms with Crippen molar-refractivity contribution in [3.8, 4) is 16.9 Å². The lowest BCUT2D eigenvalue weighted by Gasteiger charge is -2.36. The van der Waals surface area contributed by atoms with E-state index < -0.39 is 10.1 Å². The largest absolute Gasteiger partial charge is 0.488 e. The fraction of sp³-hybridized carbons (Fsp3) is 0.400. The van der Waals surface area contributed by atoms with Gasteiger partial charge in [-0.15, -0.1) is 0 Å². The van der Waals surface area contributed by atoms with Crippen LogP contribution in [0.5, 0.6) is 5.75 Å². The smallest absolute Gasteiger partial charge is 0.295 e. The van der Waals surface area contributed by atoms with Gasteiger partial charge < -0.3 is 4.74 Å². The molecule has 2 heterocycles. The fourth-order valence-electron chi connectivity index (χ4n) is 4.11. The monoisotopic (exact) mass is 407 g/mol. The highest BCUT2D eigenvalue weighted by Crippen LogP contribution is 2.45. The third-order valence-corrected chi connectivity index (χ3v) is 6.69. The molecule has 2 aliphatic heterocycles. The van der Waals surface area contributed by atoms with Crippen molar-refractivity contribution in [1.29, 1.82) is 0 Å². The first kappa shape index (κ1) is 18.7. The summed E-state index contributed by atoms with van der Waals surface area (Å²) in [6, 6.07) is 10.5. The van der Waals surface area contributed by atoms with Crippen molar-refractivity contribution in [3.63, 3.8) is 0 Å². The molecule has 0 radical (unpaired) electrons. The molecule has 1 saturated heterocycles. The standard InChI is InChI=1S/C20H22ClNO4S/c1-12(2)22-8-7-16-15-5-3-13(9-18(15)26-19(16)11-22)17-10-14(21)4-6-20(17)27(23,24)25/h3-6,9-10,12,16,19H,7-8,11H2,1-2H3,(H,23,24,25). The zero-order chi connectivity index (χ0) is 19.3. The quantitative estimate of drug-likeness (QED) is 0.772. The minimum Gasteiger partial charge on any atom is -0.488 e. The highest BCUT2D eigenvalue weighted by Gasteiger charge is 2.39. The van der Waals surface area contributed by atoms with Gasteiger partial charge in [0, 0.05) is 34.7 Å². The Bertz CT molecular complexity index is 989. The summed E-state index contributed by atoms with van der Waals surface area (Å²) in [5, 5.41) is 0.403. The van der Waals surface area contributed by atoms with Crippen LogP contribution in [-0.4, -0.2) is 43.1 Å². The number of fused-ring (bicyclic) bond motifs is 3. The minimum absolute atomic E-state index is 0.117. The second-order valence-corrected chi connectivity index (χ2v) is 9.33. The summed E-state index contributed by atoms with van der Waals surface area (Å²) >= 11 is 6.07. The third kappa shape index (κ3) is 3.47. The molecule has 2 aromatic carbocycles. The Balaban J connectivity index is 1.71. The second-order valence-electron chi connectivity index (χ2n) is 7.51. The summed E-state index contributed by atoms with van der Waals surface area (Å²) < 4.78 is 39.3. The number of benzene rings is 2. The predicted molar refractivity (Wildman–Crippen MR) is 105 cm³/mol. The molecular weight excluding hydrogens is 386 g/mol. The highest BCUT2D eigenvalue weighted by molar-refractivity contribution is 7.86. The predicted octanol–water partition coefficient (Wildman–Crippen LogP) is 4.21. The maximum atomic E-state index is 11.8. The van der Waals surface area contributed by atoms with Gasteiger partial charge in [0.05, 0.1) is 0 Å². The van der Waals surface area contributed by atoms with Crippen LogP contribution in [0, 0.1) is 0 Å². The van der Waals surface area contributed by atoms with Gasteiger partial charge in [-0.25, -0.2) is 0 Å². The minimum atomic E-state index is -4.36. The van der Waals surface area contributed by atoms with Crippen LogP contribution in [0.15, 0.2) is 41.3 Å². The molecule has 2 unspecified atom stereocenters. The number of ether oxygens (including phenoxy) is 1. The number of nitrogens with zero attached hydrogens (tertiary/aromatic N) is 1. The van der Waals surface area contributed by atoms with Crippen molar-refractivity contribution in [2.45, 2.75) is 43.2 Å². The van der Waals surface area contributed by atoms with E-state index in [4.69, 9.17) is 16.3 Å². The fourth-order valence-corrected chi connectivity index (χ4v) is 4.98. The van der Waals surface area contributed by atoms with Crippen LogP contribution < -0.4 is 4.74 Å². The van der Waals surface area contributed by atoms with Crippen molar-refractivity contribution >= 4 is 21.7 Å². The Morgan fingerprint density at radius 3 is 2.70 bits per heavy atom. The lowest BCUT2D eigenvalue weighted by atomic mass is 9.87. The summed E-state index contributed by atoms with van der Waals surface area (Å²) in [7, 11) is -4.36. The number of hydrogen-bond donors (Lipinski definition) is 1. The molecule has 0 amide bonds. The number of likely N-dealkylation sites (tertiary alicyclic amines) is 1. The second kappa shape index (κ2) is 6.78. The molecule has 0 bridgehead atoms. The Morgan fingerprint density at radius 1 is 1.22 bits per heavy atom. The van der Waals surface area contributed by atoms with Crippen LogP contribution in [0.1, 0.15) is 31.7 Å². The average molecular weight is 408 g/mol. The lowest BCUT2D eigenvalue weighted by Crippen LogP contribution is -2.46.